The number of ether oxygens (including phenoxy) is 1. The van der Waals surface area contributed by atoms with E-state index in [-0.39, 0.29) is 18.3 Å². The fourth-order valence-corrected chi connectivity index (χ4v) is 5.17. The summed E-state index contributed by atoms with van der Waals surface area (Å²) in [7, 11) is 2.84. The van der Waals surface area contributed by atoms with Crippen molar-refractivity contribution in [2.24, 2.45) is 0 Å². The van der Waals surface area contributed by atoms with Gasteiger partial charge in [0, 0.05) is 23.9 Å². The first kappa shape index (κ1) is 29.0. The zero-order valence-corrected chi connectivity index (χ0v) is 23.7. The van der Waals surface area contributed by atoms with Crippen molar-refractivity contribution in [3.63, 3.8) is 0 Å². The first-order chi connectivity index (χ1) is 20.6. The van der Waals surface area contributed by atoms with Gasteiger partial charge in [0.2, 0.25) is 11.8 Å². The lowest BCUT2D eigenvalue weighted by Gasteiger charge is -2.29. The Kier molecular flexibility index (Phi) is 7.97. The molecule has 2 atom stereocenters. The van der Waals surface area contributed by atoms with Gasteiger partial charge in [-0.15, -0.1) is 0 Å². The van der Waals surface area contributed by atoms with E-state index in [9.17, 15) is 29.1 Å². The van der Waals surface area contributed by atoms with Gasteiger partial charge in [-0.1, -0.05) is 36.4 Å². The van der Waals surface area contributed by atoms with Crippen LogP contribution < -0.4 is 26.1 Å². The van der Waals surface area contributed by atoms with Crippen molar-refractivity contribution in [3.8, 4) is 17.1 Å². The maximum absolute atomic E-state index is 14.1. The minimum atomic E-state index is -1.25. The van der Waals surface area contributed by atoms with E-state index in [4.69, 9.17) is 4.74 Å². The number of H-pyrrole nitrogens is 2. The van der Waals surface area contributed by atoms with E-state index >= 15 is 0 Å². The van der Waals surface area contributed by atoms with Gasteiger partial charge in [0.1, 0.15) is 17.8 Å². The zero-order chi connectivity index (χ0) is 30.8. The number of aromatic nitrogens is 3. The Morgan fingerprint density at radius 1 is 1.14 bits per heavy atom. The molecule has 1 aliphatic rings. The van der Waals surface area contributed by atoms with Crippen LogP contribution in [-0.4, -0.2) is 69.3 Å². The molecule has 0 saturated carbocycles. The molecule has 1 aromatic heterocycles. The number of rotatable bonds is 7. The van der Waals surface area contributed by atoms with E-state index in [0.717, 1.165) is 21.2 Å². The number of amides is 3. The van der Waals surface area contributed by atoms with Gasteiger partial charge in [0.05, 0.1) is 13.7 Å². The van der Waals surface area contributed by atoms with Crippen LogP contribution in [0.2, 0.25) is 0 Å². The van der Waals surface area contributed by atoms with E-state index in [2.05, 4.69) is 20.5 Å². The van der Waals surface area contributed by atoms with E-state index in [1.54, 1.807) is 23.1 Å². The topological polar surface area (TPSA) is 178 Å². The third-order valence-electron chi connectivity index (χ3n) is 7.73. The predicted molar refractivity (Wildman–Crippen MR) is 158 cm³/mol. The summed E-state index contributed by atoms with van der Waals surface area (Å²) in [6.07, 6.45) is -0.396. The second-order valence-corrected chi connectivity index (χ2v) is 10.3. The first-order valence-corrected chi connectivity index (χ1v) is 13.5. The molecule has 0 radical (unpaired) electrons. The highest BCUT2D eigenvalue weighted by atomic mass is 16.5. The van der Waals surface area contributed by atoms with Crippen molar-refractivity contribution < 1.29 is 24.2 Å². The van der Waals surface area contributed by atoms with Crippen LogP contribution in [0, 0.1) is 0 Å². The molecule has 0 bridgehead atoms. The molecule has 0 aliphatic carbocycles. The van der Waals surface area contributed by atoms with Gasteiger partial charge in [-0.05, 0) is 54.3 Å². The SMILES string of the molecule is COc1ccc2cc(-c3n[nH]c(=O)c(=O)[nH]3)ccc2c1CN1C(=O)[C@@H](NC(=O)[C@H](C)N(C)C(=O)O)CCc2ccccc21. The maximum Gasteiger partial charge on any atom is 0.407 e. The van der Waals surface area contributed by atoms with Crippen molar-refractivity contribution in [2.75, 3.05) is 19.1 Å². The summed E-state index contributed by atoms with van der Waals surface area (Å²) in [5.74, 6) is -0.169. The van der Waals surface area contributed by atoms with Gasteiger partial charge in [-0.25, -0.2) is 9.89 Å². The van der Waals surface area contributed by atoms with Crippen molar-refractivity contribution >= 4 is 34.4 Å². The number of carbonyl (C=O) groups is 3. The molecule has 4 aromatic rings. The number of carboxylic acid groups (broad SMARTS) is 1. The number of likely N-dealkylation sites (N-methyl/N-ethyl adjacent to an activating group) is 1. The number of fused-ring (bicyclic) bond motifs is 2. The highest BCUT2D eigenvalue weighted by Crippen LogP contribution is 2.35. The predicted octanol–water partition coefficient (Wildman–Crippen LogP) is 2.25. The molecule has 3 amide bonds. The maximum atomic E-state index is 14.1. The average Bonchev–Trinajstić information content (AvgIpc) is 3.13. The summed E-state index contributed by atoms with van der Waals surface area (Å²) in [5, 5.41) is 19.7. The monoisotopic (exact) mass is 586 g/mol. The Hall–Kier alpha value is -5.46. The summed E-state index contributed by atoms with van der Waals surface area (Å²) in [6.45, 7) is 1.57. The molecule has 4 N–H and O–H groups in total. The summed E-state index contributed by atoms with van der Waals surface area (Å²) < 4.78 is 5.70. The minimum Gasteiger partial charge on any atom is -0.496 e. The molecule has 1 aliphatic heterocycles. The number of aromatic amines is 2. The summed E-state index contributed by atoms with van der Waals surface area (Å²) in [6, 6.07) is 14.6. The van der Waals surface area contributed by atoms with Gasteiger partial charge in [0.15, 0.2) is 5.82 Å². The number of methoxy groups -OCH3 is 1. The highest BCUT2D eigenvalue weighted by Gasteiger charge is 2.34. The number of anilines is 1. The molecule has 0 spiro atoms. The normalized spacial score (nSPS) is 15.4. The number of hydrogen-bond donors (Lipinski definition) is 4. The number of carbonyl (C=O) groups excluding carboxylic acids is 2. The molecule has 0 fully saturated rings. The molecule has 222 valence electrons. The number of hydrogen-bond acceptors (Lipinski definition) is 7. The Labute approximate surface area is 245 Å². The van der Waals surface area contributed by atoms with Crippen molar-refractivity contribution in [1.29, 1.82) is 0 Å². The Bertz CT molecular complexity index is 1850. The lowest BCUT2D eigenvalue weighted by atomic mass is 9.99. The van der Waals surface area contributed by atoms with Crippen LogP contribution in [-0.2, 0) is 22.6 Å². The van der Waals surface area contributed by atoms with Crippen molar-refractivity contribution in [1.82, 2.24) is 25.4 Å². The van der Waals surface area contributed by atoms with E-state index in [1.807, 2.05) is 36.4 Å². The van der Waals surface area contributed by atoms with Gasteiger partial charge in [-0.3, -0.25) is 24.1 Å². The minimum absolute atomic E-state index is 0.112. The molecule has 2 heterocycles. The number of para-hydroxylation sites is 1. The number of benzene rings is 3. The van der Waals surface area contributed by atoms with E-state index in [1.165, 1.54) is 21.1 Å². The lowest BCUT2D eigenvalue weighted by Crippen LogP contribution is -2.53. The summed E-state index contributed by atoms with van der Waals surface area (Å²) >= 11 is 0. The van der Waals surface area contributed by atoms with Crippen LogP contribution in [0.15, 0.2) is 64.2 Å². The average molecular weight is 587 g/mol. The van der Waals surface area contributed by atoms with Crippen LogP contribution in [0.3, 0.4) is 0 Å². The second kappa shape index (κ2) is 11.8. The standard InChI is InChI=1S/C30H30N6O7/c1-16(35(2)30(41)42)26(37)31-22-12-9-17-6-4-5-7-23(17)36(29(22)40)15-21-20-11-8-19(14-18(20)10-13-24(21)43-3)25-32-27(38)28(39)34-33-25/h4-8,10-11,13-14,16,22H,9,12,15H2,1-3H3,(H,31,37)(H,34,39)(H,41,42)(H,32,33,38)/t16-,22-/m0/s1. The second-order valence-electron chi connectivity index (χ2n) is 10.3. The smallest absolute Gasteiger partial charge is 0.407 e. The van der Waals surface area contributed by atoms with Gasteiger partial charge >= 0.3 is 17.2 Å². The largest absolute Gasteiger partial charge is 0.496 e. The molecule has 0 saturated heterocycles. The quantitative estimate of drug-likeness (QED) is 0.238. The van der Waals surface area contributed by atoms with Gasteiger partial charge in [-0.2, -0.15) is 5.10 Å². The van der Waals surface area contributed by atoms with E-state index in [0.29, 0.717) is 35.4 Å². The molecule has 43 heavy (non-hydrogen) atoms. The highest BCUT2D eigenvalue weighted by molar-refractivity contribution is 6.02. The summed E-state index contributed by atoms with van der Waals surface area (Å²) in [5.41, 5.74) is 1.24. The Morgan fingerprint density at radius 2 is 1.91 bits per heavy atom. The fourth-order valence-electron chi connectivity index (χ4n) is 5.17. The van der Waals surface area contributed by atoms with E-state index < -0.39 is 35.2 Å². The van der Waals surface area contributed by atoms with Crippen LogP contribution >= 0.6 is 0 Å². The number of aryl methyl sites for hydroxylation is 1. The van der Waals surface area contributed by atoms with Crippen LogP contribution in [0.25, 0.3) is 22.2 Å². The Balaban J connectivity index is 1.54. The third kappa shape index (κ3) is 5.69. The number of nitrogens with one attached hydrogen (secondary N) is 3. The molecular formula is C30H30N6O7. The molecule has 13 nitrogen and oxygen atoms in total. The summed E-state index contributed by atoms with van der Waals surface area (Å²) in [4.78, 5) is 66.7. The van der Waals surface area contributed by atoms with Crippen LogP contribution in [0.4, 0.5) is 10.5 Å². The molecule has 3 aromatic carbocycles. The van der Waals surface area contributed by atoms with Crippen molar-refractivity contribution in [2.45, 2.75) is 38.4 Å². The lowest BCUT2D eigenvalue weighted by molar-refractivity contribution is -0.130. The zero-order valence-electron chi connectivity index (χ0n) is 23.7. The first-order valence-electron chi connectivity index (χ1n) is 13.5. The van der Waals surface area contributed by atoms with Crippen LogP contribution in [0.5, 0.6) is 5.75 Å². The number of nitrogens with zero attached hydrogens (tertiary/aromatic N) is 3. The van der Waals surface area contributed by atoms with Crippen LogP contribution in [0.1, 0.15) is 24.5 Å². The van der Waals surface area contributed by atoms with Crippen molar-refractivity contribution in [3.05, 3.63) is 86.4 Å². The molecule has 13 heteroatoms. The molecular weight excluding hydrogens is 556 g/mol. The molecule has 5 rings (SSSR count). The fraction of sp³-hybridized carbons (Fsp3) is 0.267. The van der Waals surface area contributed by atoms with Gasteiger partial charge < -0.3 is 25.0 Å². The third-order valence-corrected chi connectivity index (χ3v) is 7.73. The Morgan fingerprint density at radius 3 is 2.63 bits per heavy atom. The molecule has 0 unspecified atom stereocenters. The van der Waals surface area contributed by atoms with Gasteiger partial charge in [0.25, 0.3) is 0 Å².